The summed E-state index contributed by atoms with van der Waals surface area (Å²) < 4.78 is 0. The van der Waals surface area contributed by atoms with Crippen LogP contribution in [0.3, 0.4) is 0 Å². The van der Waals surface area contributed by atoms with E-state index in [9.17, 15) is 0 Å². The van der Waals surface area contributed by atoms with Gasteiger partial charge in [-0.1, -0.05) is 39.5 Å². The molecule has 0 aliphatic rings. The van der Waals surface area contributed by atoms with Gasteiger partial charge in [-0.15, -0.1) is 17.9 Å². The van der Waals surface area contributed by atoms with E-state index in [0.29, 0.717) is 5.92 Å². The highest BCUT2D eigenvalue weighted by molar-refractivity contribution is 7.12. The minimum atomic E-state index is 0.449. The summed E-state index contributed by atoms with van der Waals surface area (Å²) in [4.78, 5) is 5.57. The van der Waals surface area contributed by atoms with E-state index in [2.05, 4.69) is 37.2 Å². The molecule has 0 amide bonds. The van der Waals surface area contributed by atoms with Crippen LogP contribution in [0.25, 0.3) is 12.2 Å². The number of aryl methyl sites for hydroxylation is 1. The van der Waals surface area contributed by atoms with Gasteiger partial charge in [0.1, 0.15) is 0 Å². The molecule has 0 fully saturated rings. The zero-order valence-corrected chi connectivity index (χ0v) is 12.2. The Hall–Kier alpha value is -1.15. The molecule has 2 heteroatoms. The highest BCUT2D eigenvalue weighted by atomic mass is 32.1. The van der Waals surface area contributed by atoms with Crippen LogP contribution in [0.5, 0.6) is 0 Å². The molecule has 1 heterocycles. The molecule has 17 heavy (non-hydrogen) atoms. The van der Waals surface area contributed by atoms with Crippen LogP contribution in [0.4, 0.5) is 0 Å². The Balaban J connectivity index is 0.00000121. The van der Waals surface area contributed by atoms with Crippen LogP contribution in [0.1, 0.15) is 42.8 Å². The van der Waals surface area contributed by atoms with Crippen LogP contribution in [0.2, 0.25) is 0 Å². The zero-order valence-electron chi connectivity index (χ0n) is 11.4. The van der Waals surface area contributed by atoms with E-state index in [4.69, 9.17) is 0 Å². The van der Waals surface area contributed by atoms with Crippen molar-refractivity contribution in [1.29, 1.82) is 0 Å². The summed E-state index contributed by atoms with van der Waals surface area (Å²) in [5.74, 6) is 0.449. The number of thiazole rings is 1. The van der Waals surface area contributed by atoms with Gasteiger partial charge in [0.05, 0.1) is 15.6 Å². The largest absolute Gasteiger partial charge is 0.242 e. The van der Waals surface area contributed by atoms with Gasteiger partial charge in [0.2, 0.25) is 0 Å². The van der Waals surface area contributed by atoms with Crippen molar-refractivity contribution in [3.8, 4) is 0 Å². The molecule has 0 N–H and O–H groups in total. The molecule has 1 aromatic rings. The molecule has 1 nitrogen and oxygen atoms in total. The van der Waals surface area contributed by atoms with Gasteiger partial charge < -0.3 is 0 Å². The van der Waals surface area contributed by atoms with Crippen LogP contribution in [0, 0.1) is 12.8 Å². The van der Waals surface area contributed by atoms with E-state index >= 15 is 0 Å². The molecule has 94 valence electrons. The van der Waals surface area contributed by atoms with Gasteiger partial charge in [0.25, 0.3) is 0 Å². The Morgan fingerprint density at radius 3 is 2.47 bits per heavy atom. The number of allylic oxidation sites excluding steroid dienone is 2. The van der Waals surface area contributed by atoms with Crippen molar-refractivity contribution in [3.63, 3.8) is 0 Å². The molecule has 0 aliphatic carbocycles. The number of aromatic nitrogens is 1. The SMILES string of the molecule is C=Cc1nc(C)sc1/C=C\C(C=C)CC.CC. The van der Waals surface area contributed by atoms with E-state index in [1.54, 1.807) is 17.4 Å². The summed E-state index contributed by atoms with van der Waals surface area (Å²) in [6, 6.07) is 0. The van der Waals surface area contributed by atoms with E-state index in [-0.39, 0.29) is 0 Å². The van der Waals surface area contributed by atoms with E-state index in [1.807, 2.05) is 26.8 Å². The first-order valence-corrected chi connectivity index (χ1v) is 6.93. The van der Waals surface area contributed by atoms with Crippen molar-refractivity contribution in [2.24, 2.45) is 5.92 Å². The van der Waals surface area contributed by atoms with Crippen LogP contribution < -0.4 is 0 Å². The van der Waals surface area contributed by atoms with Crippen molar-refractivity contribution < 1.29 is 0 Å². The Bertz CT molecular complexity index is 374. The summed E-state index contributed by atoms with van der Waals surface area (Å²) in [6.07, 6.45) is 9.15. The van der Waals surface area contributed by atoms with Gasteiger partial charge >= 0.3 is 0 Å². The topological polar surface area (TPSA) is 12.9 Å². The minimum absolute atomic E-state index is 0.449. The second-order valence-corrected chi connectivity index (χ2v) is 4.59. The highest BCUT2D eigenvalue weighted by Gasteiger charge is 2.03. The maximum absolute atomic E-state index is 4.38. The monoisotopic (exact) mass is 249 g/mol. The minimum Gasteiger partial charge on any atom is -0.242 e. The van der Waals surface area contributed by atoms with Crippen molar-refractivity contribution >= 4 is 23.5 Å². The standard InChI is InChI=1S/C13H17NS.C2H6/c1-5-11(6-2)8-9-13-12(7-3)14-10(4)15-13;1-2/h5,7-9,11H,1,3,6H2,2,4H3;1-2H3/b9-8-;. The molecule has 0 saturated heterocycles. The molecule has 0 bridgehead atoms. The number of hydrogen-bond donors (Lipinski definition) is 0. The van der Waals surface area contributed by atoms with Crippen molar-refractivity contribution in [2.45, 2.75) is 34.1 Å². The highest BCUT2D eigenvalue weighted by Crippen LogP contribution is 2.21. The normalized spacial score (nSPS) is 11.8. The fraction of sp³-hybridized carbons (Fsp3) is 0.400. The molecule has 0 aromatic carbocycles. The first-order valence-electron chi connectivity index (χ1n) is 6.11. The lowest BCUT2D eigenvalue weighted by Gasteiger charge is -2.00. The maximum Gasteiger partial charge on any atom is 0.0907 e. The molecule has 0 spiro atoms. The molecule has 1 unspecified atom stereocenters. The second kappa shape index (κ2) is 8.94. The maximum atomic E-state index is 4.38. The summed E-state index contributed by atoms with van der Waals surface area (Å²) in [5.41, 5.74) is 0.979. The van der Waals surface area contributed by atoms with E-state index in [1.165, 1.54) is 4.88 Å². The van der Waals surface area contributed by atoms with Crippen LogP contribution in [-0.4, -0.2) is 4.98 Å². The molecule has 0 saturated carbocycles. The molecular weight excluding hydrogens is 226 g/mol. The lowest BCUT2D eigenvalue weighted by Crippen LogP contribution is -1.86. The average Bonchev–Trinajstić information content (AvgIpc) is 2.73. The average molecular weight is 249 g/mol. The van der Waals surface area contributed by atoms with Crippen molar-refractivity contribution in [2.75, 3.05) is 0 Å². The van der Waals surface area contributed by atoms with Gasteiger partial charge in [0, 0.05) is 0 Å². The van der Waals surface area contributed by atoms with Gasteiger partial charge in [-0.2, -0.15) is 0 Å². The fourth-order valence-corrected chi connectivity index (χ4v) is 2.16. The molecule has 0 aliphatic heterocycles. The first kappa shape index (κ1) is 15.9. The predicted octanol–water partition coefficient (Wildman–Crippen LogP) is 5.35. The van der Waals surface area contributed by atoms with Gasteiger partial charge in [-0.05, 0) is 31.4 Å². The zero-order chi connectivity index (χ0) is 13.3. The molecule has 1 atom stereocenters. The molecule has 1 rings (SSSR count). The van der Waals surface area contributed by atoms with Crippen LogP contribution in [0.15, 0.2) is 25.3 Å². The third kappa shape index (κ3) is 5.14. The quantitative estimate of drug-likeness (QED) is 0.641. The number of hydrogen-bond acceptors (Lipinski definition) is 2. The summed E-state index contributed by atoms with van der Waals surface area (Å²) in [5, 5.41) is 1.08. The summed E-state index contributed by atoms with van der Waals surface area (Å²) in [6.45, 7) is 15.7. The van der Waals surface area contributed by atoms with E-state index < -0.39 is 0 Å². The Labute approximate surface area is 110 Å². The number of nitrogens with zero attached hydrogens (tertiary/aromatic N) is 1. The molecule has 0 radical (unpaired) electrons. The van der Waals surface area contributed by atoms with Crippen molar-refractivity contribution in [3.05, 3.63) is 40.9 Å². The van der Waals surface area contributed by atoms with Crippen LogP contribution >= 0.6 is 11.3 Å². The second-order valence-electron chi connectivity index (χ2n) is 3.35. The lowest BCUT2D eigenvalue weighted by molar-refractivity contribution is 0.779. The van der Waals surface area contributed by atoms with Gasteiger partial charge in [-0.3, -0.25) is 0 Å². The Morgan fingerprint density at radius 2 is 2.00 bits per heavy atom. The lowest BCUT2D eigenvalue weighted by atomic mass is 10.1. The predicted molar refractivity (Wildman–Crippen MR) is 81.3 cm³/mol. The molecule has 1 aromatic heterocycles. The smallest absolute Gasteiger partial charge is 0.0907 e. The summed E-state index contributed by atoms with van der Waals surface area (Å²) >= 11 is 1.70. The summed E-state index contributed by atoms with van der Waals surface area (Å²) in [7, 11) is 0. The van der Waals surface area contributed by atoms with E-state index in [0.717, 1.165) is 17.1 Å². The van der Waals surface area contributed by atoms with Gasteiger partial charge in [-0.25, -0.2) is 4.98 Å². The van der Waals surface area contributed by atoms with Crippen molar-refractivity contribution in [1.82, 2.24) is 4.98 Å². The third-order valence-corrected chi connectivity index (χ3v) is 3.20. The fourth-order valence-electron chi connectivity index (χ4n) is 1.32. The molecular formula is C15H23NS. The van der Waals surface area contributed by atoms with Crippen LogP contribution in [-0.2, 0) is 0 Å². The third-order valence-electron chi connectivity index (χ3n) is 2.25. The number of rotatable bonds is 5. The Morgan fingerprint density at radius 1 is 1.35 bits per heavy atom. The van der Waals surface area contributed by atoms with Gasteiger partial charge in [0.15, 0.2) is 0 Å². The Kier molecular flexibility index (Phi) is 8.34. The first-order chi connectivity index (χ1) is 8.21.